The molecule has 7 heteroatoms. The van der Waals surface area contributed by atoms with Crippen LogP contribution in [0.25, 0.3) is 0 Å². The Labute approximate surface area is 119 Å². The van der Waals surface area contributed by atoms with Gasteiger partial charge in [0.2, 0.25) is 5.91 Å². The Bertz CT molecular complexity index is 287. The van der Waals surface area contributed by atoms with Crippen LogP contribution in [0.1, 0.15) is 32.1 Å². The Morgan fingerprint density at radius 3 is 2.79 bits per heavy atom. The molecule has 0 aliphatic carbocycles. The number of rotatable bonds is 7. The molecule has 1 unspecified atom stereocenters. The summed E-state index contributed by atoms with van der Waals surface area (Å²) < 4.78 is 40.0. The van der Waals surface area contributed by atoms with Crippen molar-refractivity contribution >= 4 is 21.8 Å². The fourth-order valence-electron chi connectivity index (χ4n) is 2.27. The normalized spacial score (nSPS) is 20.0. The molecule has 1 atom stereocenters. The summed E-state index contributed by atoms with van der Waals surface area (Å²) in [6.07, 6.45) is -0.389. The molecular formula is C12H19BrF3NO2. The van der Waals surface area contributed by atoms with Crippen molar-refractivity contribution in [2.45, 2.75) is 44.3 Å². The van der Waals surface area contributed by atoms with Gasteiger partial charge < -0.3 is 9.64 Å². The van der Waals surface area contributed by atoms with E-state index in [0.717, 1.165) is 31.0 Å². The van der Waals surface area contributed by atoms with Crippen LogP contribution in [-0.2, 0) is 9.53 Å². The van der Waals surface area contributed by atoms with E-state index in [-0.39, 0.29) is 25.0 Å². The number of nitrogens with zero attached hydrogens (tertiary/aromatic N) is 1. The first kappa shape index (κ1) is 16.8. The zero-order valence-electron chi connectivity index (χ0n) is 10.7. The predicted octanol–water partition coefficient (Wildman–Crippen LogP) is 3.12. The van der Waals surface area contributed by atoms with Gasteiger partial charge >= 0.3 is 6.18 Å². The number of hydrogen-bond acceptors (Lipinski definition) is 2. The van der Waals surface area contributed by atoms with Crippen LogP contribution >= 0.6 is 15.9 Å². The number of likely N-dealkylation sites (tertiary alicyclic amines) is 1. The summed E-state index contributed by atoms with van der Waals surface area (Å²) in [6.45, 7) is -0.738. The summed E-state index contributed by atoms with van der Waals surface area (Å²) in [6, 6.07) is 0.243. The van der Waals surface area contributed by atoms with Crippen LogP contribution in [0.2, 0.25) is 0 Å². The molecular weight excluding hydrogens is 327 g/mol. The van der Waals surface area contributed by atoms with Gasteiger partial charge in [-0.3, -0.25) is 4.79 Å². The van der Waals surface area contributed by atoms with E-state index in [1.807, 2.05) is 0 Å². The second-order valence-corrected chi connectivity index (χ2v) is 5.43. The van der Waals surface area contributed by atoms with E-state index in [1.54, 1.807) is 4.90 Å². The van der Waals surface area contributed by atoms with E-state index in [0.29, 0.717) is 6.54 Å². The average molecular weight is 346 g/mol. The maximum absolute atomic E-state index is 11.9. The second-order valence-electron chi connectivity index (χ2n) is 4.63. The van der Waals surface area contributed by atoms with E-state index in [9.17, 15) is 18.0 Å². The van der Waals surface area contributed by atoms with Gasteiger partial charge in [-0.2, -0.15) is 13.2 Å². The third kappa shape index (κ3) is 6.61. The lowest BCUT2D eigenvalue weighted by molar-refractivity contribution is -0.175. The maximum Gasteiger partial charge on any atom is 0.411 e. The van der Waals surface area contributed by atoms with Crippen LogP contribution in [0.5, 0.6) is 0 Å². The van der Waals surface area contributed by atoms with Crippen LogP contribution in [0.3, 0.4) is 0 Å². The molecule has 0 aromatic heterocycles. The van der Waals surface area contributed by atoms with Crippen molar-refractivity contribution in [1.29, 1.82) is 0 Å². The molecule has 0 radical (unpaired) electrons. The Hall–Kier alpha value is -0.300. The highest BCUT2D eigenvalue weighted by Crippen LogP contribution is 2.22. The highest BCUT2D eigenvalue weighted by atomic mass is 79.9. The van der Waals surface area contributed by atoms with Crippen molar-refractivity contribution in [3.05, 3.63) is 0 Å². The van der Waals surface area contributed by atoms with Gasteiger partial charge in [-0.15, -0.1) is 0 Å². The number of hydrogen-bond donors (Lipinski definition) is 0. The SMILES string of the molecule is O=C(CCOCC(F)(F)F)N1CCCC1CCCBr. The molecule has 112 valence electrons. The minimum absolute atomic E-state index is 0.0287. The molecule has 1 heterocycles. The third-order valence-electron chi connectivity index (χ3n) is 3.09. The lowest BCUT2D eigenvalue weighted by Crippen LogP contribution is -2.36. The van der Waals surface area contributed by atoms with Gasteiger partial charge in [-0.1, -0.05) is 15.9 Å². The summed E-state index contributed by atoms with van der Waals surface area (Å²) in [5.74, 6) is -0.0979. The van der Waals surface area contributed by atoms with Gasteiger partial charge in [-0.25, -0.2) is 0 Å². The topological polar surface area (TPSA) is 29.5 Å². The number of ether oxygens (including phenoxy) is 1. The fourth-order valence-corrected chi connectivity index (χ4v) is 2.59. The standard InChI is InChI=1S/C12H19BrF3NO2/c13-6-1-3-10-4-2-7-17(10)11(18)5-8-19-9-12(14,15)16/h10H,1-9H2. The van der Waals surface area contributed by atoms with Crippen molar-refractivity contribution in [1.82, 2.24) is 4.90 Å². The first-order chi connectivity index (χ1) is 8.94. The zero-order chi connectivity index (χ0) is 14.3. The van der Waals surface area contributed by atoms with E-state index in [4.69, 9.17) is 0 Å². The van der Waals surface area contributed by atoms with Crippen LogP contribution in [0, 0.1) is 0 Å². The number of alkyl halides is 4. The fraction of sp³-hybridized carbons (Fsp3) is 0.917. The molecule has 1 saturated heterocycles. The summed E-state index contributed by atoms with van der Waals surface area (Å²) in [4.78, 5) is 13.7. The maximum atomic E-state index is 11.9. The zero-order valence-corrected chi connectivity index (χ0v) is 12.3. The molecule has 3 nitrogen and oxygen atoms in total. The first-order valence-corrected chi connectivity index (χ1v) is 7.56. The van der Waals surface area contributed by atoms with E-state index in [2.05, 4.69) is 20.7 Å². The van der Waals surface area contributed by atoms with Crippen molar-refractivity contribution < 1.29 is 22.7 Å². The minimum Gasteiger partial charge on any atom is -0.372 e. The Balaban J connectivity index is 2.24. The van der Waals surface area contributed by atoms with Gasteiger partial charge in [0.05, 0.1) is 13.0 Å². The molecule has 0 spiro atoms. The molecule has 0 aromatic rings. The number of amides is 1. The summed E-state index contributed by atoms with van der Waals surface area (Å²) >= 11 is 3.35. The Morgan fingerprint density at radius 2 is 2.16 bits per heavy atom. The van der Waals surface area contributed by atoms with Crippen LogP contribution in [0.15, 0.2) is 0 Å². The minimum atomic E-state index is -4.32. The van der Waals surface area contributed by atoms with E-state index in [1.165, 1.54) is 0 Å². The monoisotopic (exact) mass is 345 g/mol. The highest BCUT2D eigenvalue weighted by molar-refractivity contribution is 9.09. The van der Waals surface area contributed by atoms with Gasteiger partial charge in [0.15, 0.2) is 0 Å². The van der Waals surface area contributed by atoms with Crippen molar-refractivity contribution in [2.24, 2.45) is 0 Å². The summed E-state index contributed by atoms with van der Waals surface area (Å²) in [5, 5.41) is 0.903. The number of carbonyl (C=O) groups is 1. The molecule has 0 N–H and O–H groups in total. The third-order valence-corrected chi connectivity index (χ3v) is 3.66. The largest absolute Gasteiger partial charge is 0.411 e. The van der Waals surface area contributed by atoms with E-state index < -0.39 is 12.8 Å². The van der Waals surface area contributed by atoms with Crippen LogP contribution in [0.4, 0.5) is 13.2 Å². The average Bonchev–Trinajstić information content (AvgIpc) is 2.79. The molecule has 1 rings (SSSR count). The Morgan fingerprint density at radius 1 is 1.42 bits per heavy atom. The Kier molecular flexibility index (Phi) is 7.13. The van der Waals surface area contributed by atoms with E-state index >= 15 is 0 Å². The van der Waals surface area contributed by atoms with Crippen LogP contribution in [-0.4, -0.2) is 48.1 Å². The molecule has 1 fully saturated rings. The summed E-state index contributed by atoms with van der Waals surface area (Å²) in [5.41, 5.74) is 0. The smallest absolute Gasteiger partial charge is 0.372 e. The van der Waals surface area contributed by atoms with Gasteiger partial charge in [0, 0.05) is 17.9 Å². The number of halogens is 4. The molecule has 1 amide bonds. The second kappa shape index (κ2) is 8.09. The van der Waals surface area contributed by atoms with Crippen molar-refractivity contribution in [3.8, 4) is 0 Å². The molecule has 1 aliphatic heterocycles. The molecule has 1 aliphatic rings. The lowest BCUT2D eigenvalue weighted by atomic mass is 10.1. The van der Waals surface area contributed by atoms with Crippen molar-refractivity contribution in [3.63, 3.8) is 0 Å². The first-order valence-electron chi connectivity index (χ1n) is 6.44. The highest BCUT2D eigenvalue weighted by Gasteiger charge is 2.29. The quantitative estimate of drug-likeness (QED) is 0.524. The predicted molar refractivity (Wildman–Crippen MR) is 69.3 cm³/mol. The molecule has 0 bridgehead atoms. The van der Waals surface area contributed by atoms with Crippen molar-refractivity contribution in [2.75, 3.05) is 25.1 Å². The van der Waals surface area contributed by atoms with Gasteiger partial charge in [0.1, 0.15) is 6.61 Å². The van der Waals surface area contributed by atoms with Gasteiger partial charge in [0.25, 0.3) is 0 Å². The lowest BCUT2D eigenvalue weighted by Gasteiger charge is -2.24. The summed E-state index contributed by atoms with van der Waals surface area (Å²) in [7, 11) is 0. The van der Waals surface area contributed by atoms with Crippen LogP contribution < -0.4 is 0 Å². The molecule has 0 aromatic carbocycles. The number of carbonyl (C=O) groups excluding carboxylic acids is 1. The molecule has 0 saturated carbocycles. The van der Waals surface area contributed by atoms with Gasteiger partial charge in [-0.05, 0) is 25.7 Å². The molecule has 19 heavy (non-hydrogen) atoms.